The summed E-state index contributed by atoms with van der Waals surface area (Å²) in [6.07, 6.45) is -0.663. The van der Waals surface area contributed by atoms with Crippen molar-refractivity contribution in [3.63, 3.8) is 0 Å². The van der Waals surface area contributed by atoms with E-state index in [1.54, 1.807) is 50.8 Å². The van der Waals surface area contributed by atoms with Crippen molar-refractivity contribution in [2.45, 2.75) is 26.4 Å². The van der Waals surface area contributed by atoms with Crippen LogP contribution < -0.4 is 10.1 Å². The Morgan fingerprint density at radius 3 is 2.58 bits per heavy atom. The number of aromatic nitrogens is 2. The molecule has 0 saturated heterocycles. The predicted octanol–water partition coefficient (Wildman–Crippen LogP) is 5.51. The summed E-state index contributed by atoms with van der Waals surface area (Å²) in [6, 6.07) is 13.2. The van der Waals surface area contributed by atoms with Crippen molar-refractivity contribution in [3.8, 4) is 28.8 Å². The molecule has 0 aliphatic rings. The van der Waals surface area contributed by atoms with Crippen LogP contribution in [-0.4, -0.2) is 28.6 Å². The van der Waals surface area contributed by atoms with E-state index in [4.69, 9.17) is 14.7 Å². The predicted molar refractivity (Wildman–Crippen MR) is 123 cm³/mol. The molecule has 1 N–H and O–H groups in total. The van der Waals surface area contributed by atoms with Gasteiger partial charge in [0.05, 0.1) is 18.4 Å². The molecular weight excluding hydrogens is 514 g/mol. The number of amides is 1. The van der Waals surface area contributed by atoms with Crippen LogP contribution in [0.15, 0.2) is 42.5 Å². The van der Waals surface area contributed by atoms with Crippen LogP contribution in [0.5, 0.6) is 5.75 Å². The number of benzene rings is 2. The van der Waals surface area contributed by atoms with Gasteiger partial charge in [-0.3, -0.25) is 5.32 Å². The highest BCUT2D eigenvalue weighted by atomic mass is 127. The fourth-order valence-corrected chi connectivity index (χ4v) is 3.29. The van der Waals surface area contributed by atoms with Crippen molar-refractivity contribution in [1.82, 2.24) is 9.78 Å². The van der Waals surface area contributed by atoms with Crippen LogP contribution in [0.2, 0.25) is 0 Å². The lowest BCUT2D eigenvalue weighted by atomic mass is 10.1. The lowest BCUT2D eigenvalue weighted by Crippen LogP contribution is -2.27. The summed E-state index contributed by atoms with van der Waals surface area (Å²) < 4.78 is 27.6. The van der Waals surface area contributed by atoms with E-state index in [2.05, 4.69) is 33.0 Å². The number of carbonyl (C=O) groups excluding carboxylic acids is 1. The fourth-order valence-electron chi connectivity index (χ4n) is 2.83. The molecular formula is C22H20FIN4O3. The topological polar surface area (TPSA) is 89.2 Å². The number of anilines is 1. The van der Waals surface area contributed by atoms with Gasteiger partial charge < -0.3 is 9.47 Å². The van der Waals surface area contributed by atoms with Crippen molar-refractivity contribution in [2.75, 3.05) is 12.4 Å². The minimum atomic E-state index is -0.676. The quantitative estimate of drug-likeness (QED) is 0.446. The molecule has 0 aliphatic carbocycles. The van der Waals surface area contributed by atoms with Crippen molar-refractivity contribution in [1.29, 1.82) is 5.26 Å². The standard InChI is InChI=1S/C22H20FIN4O3/c1-22(2,3)31-21(29)26-20-11-18(13-5-6-14(12-25)16(23)9-13)28(27-20)17-8-7-15(24)10-19(17)30-4/h5-11H,1-4H3,(H,26,27,29). The zero-order valence-corrected chi connectivity index (χ0v) is 19.5. The Bertz CT molecular complexity index is 1180. The van der Waals surface area contributed by atoms with E-state index in [-0.39, 0.29) is 11.4 Å². The normalized spacial score (nSPS) is 11.0. The average Bonchev–Trinajstić information content (AvgIpc) is 3.09. The number of nitrogens with one attached hydrogen (secondary N) is 1. The van der Waals surface area contributed by atoms with Gasteiger partial charge in [0.25, 0.3) is 0 Å². The van der Waals surface area contributed by atoms with E-state index >= 15 is 0 Å². The second-order valence-electron chi connectivity index (χ2n) is 7.58. The Labute approximate surface area is 192 Å². The number of hydrogen-bond acceptors (Lipinski definition) is 5. The van der Waals surface area contributed by atoms with E-state index in [1.165, 1.54) is 12.1 Å². The molecule has 3 aromatic rings. The van der Waals surface area contributed by atoms with Gasteiger partial charge in [-0.2, -0.15) is 5.26 Å². The molecule has 0 atom stereocenters. The number of hydrogen-bond donors (Lipinski definition) is 1. The maximum atomic E-state index is 14.3. The first-order valence-electron chi connectivity index (χ1n) is 9.25. The summed E-state index contributed by atoms with van der Waals surface area (Å²) in [5.41, 5.74) is 0.829. The maximum Gasteiger partial charge on any atom is 0.413 e. The molecule has 31 heavy (non-hydrogen) atoms. The van der Waals surface area contributed by atoms with Gasteiger partial charge >= 0.3 is 6.09 Å². The van der Waals surface area contributed by atoms with Crippen LogP contribution in [0.4, 0.5) is 15.0 Å². The molecule has 0 bridgehead atoms. The van der Waals surface area contributed by atoms with Gasteiger partial charge in [-0.05, 0) is 73.7 Å². The molecule has 1 amide bonds. The summed E-state index contributed by atoms with van der Waals surface area (Å²) in [6.45, 7) is 5.27. The summed E-state index contributed by atoms with van der Waals surface area (Å²) in [5, 5.41) is 16.1. The van der Waals surface area contributed by atoms with Crippen LogP contribution in [0.3, 0.4) is 0 Å². The Morgan fingerprint density at radius 2 is 1.97 bits per heavy atom. The zero-order chi connectivity index (χ0) is 22.8. The third-order valence-electron chi connectivity index (χ3n) is 4.09. The highest BCUT2D eigenvalue weighted by Crippen LogP contribution is 2.32. The molecule has 1 heterocycles. The highest BCUT2D eigenvalue weighted by molar-refractivity contribution is 14.1. The largest absolute Gasteiger partial charge is 0.494 e. The van der Waals surface area contributed by atoms with Gasteiger partial charge in [0, 0.05) is 15.2 Å². The van der Waals surface area contributed by atoms with Crippen molar-refractivity contribution in [2.24, 2.45) is 0 Å². The maximum absolute atomic E-state index is 14.3. The molecule has 1 aromatic heterocycles. The number of carbonyl (C=O) groups is 1. The molecule has 9 heteroatoms. The molecule has 2 aromatic carbocycles. The number of nitriles is 1. The molecule has 0 saturated carbocycles. The second-order valence-corrected chi connectivity index (χ2v) is 8.82. The smallest absolute Gasteiger partial charge is 0.413 e. The Kier molecular flexibility index (Phi) is 6.50. The van der Waals surface area contributed by atoms with Crippen molar-refractivity contribution >= 4 is 34.5 Å². The monoisotopic (exact) mass is 534 g/mol. The third-order valence-corrected chi connectivity index (χ3v) is 4.76. The first-order chi connectivity index (χ1) is 14.6. The highest BCUT2D eigenvalue weighted by Gasteiger charge is 2.20. The van der Waals surface area contributed by atoms with E-state index in [0.717, 1.165) is 3.57 Å². The second kappa shape index (κ2) is 8.93. The Hall–Kier alpha value is -3.13. The lowest BCUT2D eigenvalue weighted by Gasteiger charge is -2.19. The Balaban J connectivity index is 2.12. The van der Waals surface area contributed by atoms with Gasteiger partial charge in [0.1, 0.15) is 28.9 Å². The Morgan fingerprint density at radius 1 is 1.23 bits per heavy atom. The molecule has 0 spiro atoms. The van der Waals surface area contributed by atoms with Gasteiger partial charge in [-0.1, -0.05) is 6.07 Å². The van der Waals surface area contributed by atoms with Gasteiger partial charge in [-0.25, -0.2) is 13.9 Å². The minimum absolute atomic E-state index is 0.0613. The van der Waals surface area contributed by atoms with Crippen LogP contribution in [0.1, 0.15) is 26.3 Å². The number of rotatable bonds is 4. The van der Waals surface area contributed by atoms with E-state index in [1.807, 2.05) is 18.2 Å². The molecule has 0 aliphatic heterocycles. The summed E-state index contributed by atoms with van der Waals surface area (Å²) in [7, 11) is 1.54. The summed E-state index contributed by atoms with van der Waals surface area (Å²) >= 11 is 2.17. The molecule has 0 radical (unpaired) electrons. The van der Waals surface area contributed by atoms with Crippen LogP contribution in [0, 0.1) is 20.7 Å². The van der Waals surface area contributed by atoms with Crippen molar-refractivity contribution in [3.05, 3.63) is 57.4 Å². The van der Waals surface area contributed by atoms with Crippen molar-refractivity contribution < 1.29 is 18.7 Å². The number of nitrogens with zero attached hydrogens (tertiary/aromatic N) is 3. The molecule has 7 nitrogen and oxygen atoms in total. The van der Waals surface area contributed by atoms with Crippen LogP contribution in [0.25, 0.3) is 16.9 Å². The van der Waals surface area contributed by atoms with Gasteiger partial charge in [-0.15, -0.1) is 5.10 Å². The number of methoxy groups -OCH3 is 1. The van der Waals surface area contributed by atoms with E-state index in [9.17, 15) is 9.18 Å². The van der Waals surface area contributed by atoms with Crippen LogP contribution >= 0.6 is 22.6 Å². The van der Waals surface area contributed by atoms with E-state index in [0.29, 0.717) is 22.7 Å². The van der Waals surface area contributed by atoms with E-state index < -0.39 is 17.5 Å². The fraction of sp³-hybridized carbons (Fsp3) is 0.227. The first kappa shape index (κ1) is 22.6. The SMILES string of the molecule is COc1cc(I)ccc1-n1nc(NC(=O)OC(C)(C)C)cc1-c1ccc(C#N)c(F)c1. The van der Waals surface area contributed by atoms with Crippen LogP contribution in [-0.2, 0) is 4.74 Å². The summed E-state index contributed by atoms with van der Waals surface area (Å²) in [4.78, 5) is 12.2. The third kappa shape index (κ3) is 5.32. The molecule has 160 valence electrons. The average molecular weight is 534 g/mol. The number of ether oxygens (including phenoxy) is 2. The minimum Gasteiger partial charge on any atom is -0.494 e. The molecule has 0 unspecified atom stereocenters. The van der Waals surface area contributed by atoms with Gasteiger partial charge in [0.2, 0.25) is 0 Å². The first-order valence-corrected chi connectivity index (χ1v) is 10.3. The molecule has 3 rings (SSSR count). The zero-order valence-electron chi connectivity index (χ0n) is 17.4. The summed E-state index contributed by atoms with van der Waals surface area (Å²) in [5.74, 6) is 0.118. The van der Waals surface area contributed by atoms with Gasteiger partial charge in [0.15, 0.2) is 5.82 Å². The molecule has 0 fully saturated rings. The lowest BCUT2D eigenvalue weighted by molar-refractivity contribution is 0.0635. The number of halogens is 2.